The first-order valence-electron chi connectivity index (χ1n) is 24.9. The van der Waals surface area contributed by atoms with E-state index in [4.69, 9.17) is 9.47 Å². The summed E-state index contributed by atoms with van der Waals surface area (Å²) in [6, 6.07) is -1.19. The summed E-state index contributed by atoms with van der Waals surface area (Å²) in [5, 5.41) is 75.8. The topological polar surface area (TPSA) is 189 Å². The first-order valence-corrected chi connectivity index (χ1v) is 24.9. The summed E-state index contributed by atoms with van der Waals surface area (Å²) in [4.78, 5) is 13.1. The van der Waals surface area contributed by atoms with E-state index in [2.05, 4.69) is 55.6 Å². The average molecular weight is 868 g/mol. The average Bonchev–Trinajstić information content (AvgIpc) is 3.26. The van der Waals surface area contributed by atoms with Gasteiger partial charge in [0.15, 0.2) is 6.29 Å². The van der Waals surface area contributed by atoms with Gasteiger partial charge >= 0.3 is 0 Å². The molecule has 1 aliphatic rings. The maximum Gasteiger partial charge on any atom is 0.249 e. The number of hydrogen-bond acceptors (Lipinski definition) is 10. The first kappa shape index (κ1) is 57.3. The van der Waals surface area contributed by atoms with E-state index >= 15 is 0 Å². The Labute approximate surface area is 371 Å². The quantitative estimate of drug-likeness (QED) is 0.0218. The lowest BCUT2D eigenvalue weighted by Crippen LogP contribution is -2.60. The fraction of sp³-hybridized carbons (Fsp3) is 0.860. The molecule has 1 heterocycles. The Bertz CT molecular complexity index is 1090. The summed E-state index contributed by atoms with van der Waals surface area (Å²) >= 11 is 0. The van der Waals surface area contributed by atoms with Gasteiger partial charge in [0.2, 0.25) is 5.91 Å². The number of allylic oxidation sites excluding steroid dienone is 6. The van der Waals surface area contributed by atoms with E-state index in [9.17, 15) is 40.5 Å². The number of carbonyl (C=O) groups is 1. The Hall–Kier alpha value is -1.67. The maximum atomic E-state index is 13.1. The summed E-state index contributed by atoms with van der Waals surface area (Å²) in [5.74, 6) is -0.715. The summed E-state index contributed by atoms with van der Waals surface area (Å²) in [6.07, 6.45) is 34.7. The normalized spacial score (nSPS) is 21.8. The van der Waals surface area contributed by atoms with Crippen molar-refractivity contribution >= 4 is 5.91 Å². The van der Waals surface area contributed by atoms with Gasteiger partial charge in [-0.3, -0.25) is 4.79 Å². The van der Waals surface area contributed by atoms with Crippen LogP contribution in [0, 0.1) is 0 Å². The van der Waals surface area contributed by atoms with Gasteiger partial charge in [0.1, 0.15) is 36.6 Å². The second-order valence-electron chi connectivity index (χ2n) is 17.5. The molecular formula is C50H93NO10. The Morgan fingerprint density at radius 2 is 1.02 bits per heavy atom. The number of aliphatic hydroxyl groups is 7. The van der Waals surface area contributed by atoms with Crippen molar-refractivity contribution in [1.82, 2.24) is 5.32 Å². The lowest BCUT2D eigenvalue weighted by Gasteiger charge is -2.40. The van der Waals surface area contributed by atoms with E-state index in [0.29, 0.717) is 12.8 Å². The lowest BCUT2D eigenvalue weighted by atomic mass is 9.98. The molecule has 11 heteroatoms. The molecule has 9 unspecified atom stereocenters. The minimum Gasteiger partial charge on any atom is -0.394 e. The smallest absolute Gasteiger partial charge is 0.249 e. The van der Waals surface area contributed by atoms with E-state index in [1.165, 1.54) is 103 Å². The first-order chi connectivity index (χ1) is 29.7. The van der Waals surface area contributed by atoms with E-state index in [-0.39, 0.29) is 12.8 Å². The van der Waals surface area contributed by atoms with E-state index in [1.54, 1.807) is 0 Å². The second-order valence-corrected chi connectivity index (χ2v) is 17.5. The van der Waals surface area contributed by atoms with Crippen molar-refractivity contribution in [3.63, 3.8) is 0 Å². The predicted octanol–water partition coefficient (Wildman–Crippen LogP) is 8.78. The molecular weight excluding hydrogens is 775 g/mol. The van der Waals surface area contributed by atoms with Crippen LogP contribution in [0.4, 0.5) is 0 Å². The molecule has 0 aliphatic carbocycles. The molecule has 0 aromatic rings. The van der Waals surface area contributed by atoms with Crippen molar-refractivity contribution in [2.24, 2.45) is 0 Å². The van der Waals surface area contributed by atoms with Crippen molar-refractivity contribution in [2.75, 3.05) is 13.2 Å². The number of aliphatic hydroxyl groups excluding tert-OH is 7. The molecule has 1 aliphatic heterocycles. The highest BCUT2D eigenvalue weighted by Crippen LogP contribution is 2.23. The van der Waals surface area contributed by atoms with Crippen molar-refractivity contribution in [3.05, 3.63) is 36.5 Å². The van der Waals surface area contributed by atoms with Gasteiger partial charge in [0.25, 0.3) is 0 Å². The molecule has 8 N–H and O–H groups in total. The largest absolute Gasteiger partial charge is 0.394 e. The number of carbonyl (C=O) groups excluding carboxylic acids is 1. The third-order valence-corrected chi connectivity index (χ3v) is 11.9. The third kappa shape index (κ3) is 29.4. The summed E-state index contributed by atoms with van der Waals surface area (Å²) in [7, 11) is 0. The van der Waals surface area contributed by atoms with Crippen LogP contribution in [-0.4, -0.2) is 110 Å². The van der Waals surface area contributed by atoms with Crippen LogP contribution in [0.5, 0.6) is 0 Å². The Kier molecular flexibility index (Phi) is 37.5. The van der Waals surface area contributed by atoms with Crippen LogP contribution in [0.25, 0.3) is 0 Å². The minimum absolute atomic E-state index is 0.241. The Balaban J connectivity index is 2.45. The minimum atomic E-state index is -1.67. The van der Waals surface area contributed by atoms with Gasteiger partial charge in [-0.05, 0) is 70.6 Å². The van der Waals surface area contributed by atoms with Crippen LogP contribution in [-0.2, 0) is 14.3 Å². The van der Waals surface area contributed by atoms with E-state index in [1.807, 2.05) is 0 Å². The predicted molar refractivity (Wildman–Crippen MR) is 247 cm³/mol. The molecule has 0 bridgehead atoms. The van der Waals surface area contributed by atoms with E-state index < -0.39 is 74.2 Å². The molecule has 1 fully saturated rings. The molecule has 1 saturated heterocycles. The van der Waals surface area contributed by atoms with Crippen LogP contribution in [0.15, 0.2) is 36.5 Å². The molecule has 0 spiro atoms. The summed E-state index contributed by atoms with van der Waals surface area (Å²) in [5.41, 5.74) is 0. The van der Waals surface area contributed by atoms with Gasteiger partial charge in [-0.15, -0.1) is 0 Å². The van der Waals surface area contributed by atoms with Crippen molar-refractivity contribution < 1.29 is 50.0 Å². The van der Waals surface area contributed by atoms with Crippen LogP contribution in [0.2, 0.25) is 0 Å². The second kappa shape index (κ2) is 39.9. The van der Waals surface area contributed by atoms with Gasteiger partial charge in [-0.1, -0.05) is 172 Å². The van der Waals surface area contributed by atoms with Crippen LogP contribution >= 0.6 is 0 Å². The zero-order valence-electron chi connectivity index (χ0n) is 38.6. The van der Waals surface area contributed by atoms with Crippen molar-refractivity contribution in [2.45, 2.75) is 262 Å². The SMILES string of the molecule is CCCCC/C=C\C/C=C\CCCCCCCCC(O)C(=O)NC(COC1OC(CO)C(O)C(O)C1O)C(O)C(O)CCC/C=C/CCCCCCCCCCCCCCC. The highest BCUT2D eigenvalue weighted by atomic mass is 16.7. The zero-order valence-corrected chi connectivity index (χ0v) is 38.6. The number of hydrogen-bond donors (Lipinski definition) is 8. The monoisotopic (exact) mass is 868 g/mol. The molecule has 0 aromatic carbocycles. The molecule has 1 rings (SSSR count). The summed E-state index contributed by atoms with van der Waals surface area (Å²) in [6.45, 7) is 3.40. The van der Waals surface area contributed by atoms with Crippen LogP contribution < -0.4 is 5.32 Å². The number of ether oxygens (including phenoxy) is 2. The highest BCUT2D eigenvalue weighted by Gasteiger charge is 2.44. The standard InChI is InChI=1S/C50H93NO10/c1-3-5-7-9-11-13-15-17-19-21-22-24-25-27-29-31-33-35-37-42(53)45(55)41(40-60-50-48(58)47(57)46(56)44(39-52)61-50)51-49(59)43(54)38-36-34-32-30-28-26-23-20-18-16-14-12-10-8-6-4-2/h12,14,18,20,29,31,41-48,50,52-58H,3-11,13,15-17,19,21-28,30,32-40H2,1-2H3,(H,51,59)/b14-12-,20-18-,31-29+. The van der Waals surface area contributed by atoms with E-state index in [0.717, 1.165) is 64.2 Å². The Morgan fingerprint density at radius 1 is 0.574 bits per heavy atom. The number of unbranched alkanes of at least 4 members (excludes halogenated alkanes) is 23. The van der Waals surface area contributed by atoms with Crippen molar-refractivity contribution in [3.8, 4) is 0 Å². The molecule has 61 heavy (non-hydrogen) atoms. The summed E-state index contributed by atoms with van der Waals surface area (Å²) < 4.78 is 11.1. The molecule has 0 aromatic heterocycles. The van der Waals surface area contributed by atoms with Crippen LogP contribution in [0.1, 0.15) is 206 Å². The third-order valence-electron chi connectivity index (χ3n) is 11.9. The van der Waals surface area contributed by atoms with Gasteiger partial charge in [-0.2, -0.15) is 0 Å². The lowest BCUT2D eigenvalue weighted by molar-refractivity contribution is -0.303. The van der Waals surface area contributed by atoms with Crippen LogP contribution in [0.3, 0.4) is 0 Å². The van der Waals surface area contributed by atoms with Crippen molar-refractivity contribution in [1.29, 1.82) is 0 Å². The number of amides is 1. The molecule has 9 atom stereocenters. The molecule has 1 amide bonds. The zero-order chi connectivity index (χ0) is 44.8. The van der Waals surface area contributed by atoms with Gasteiger partial charge in [0.05, 0.1) is 25.4 Å². The fourth-order valence-electron chi connectivity index (χ4n) is 7.76. The van der Waals surface area contributed by atoms with Gasteiger partial charge < -0.3 is 50.5 Å². The fourth-order valence-corrected chi connectivity index (χ4v) is 7.76. The Morgan fingerprint density at radius 3 is 1.54 bits per heavy atom. The highest BCUT2D eigenvalue weighted by molar-refractivity contribution is 5.80. The van der Waals surface area contributed by atoms with Gasteiger partial charge in [0, 0.05) is 0 Å². The number of rotatable bonds is 41. The number of nitrogens with one attached hydrogen (secondary N) is 1. The van der Waals surface area contributed by atoms with Gasteiger partial charge in [-0.25, -0.2) is 0 Å². The molecule has 358 valence electrons. The molecule has 11 nitrogen and oxygen atoms in total. The molecule has 0 saturated carbocycles. The molecule has 0 radical (unpaired) electrons. The maximum absolute atomic E-state index is 13.1.